The lowest BCUT2D eigenvalue weighted by Crippen LogP contribution is -2.49. The van der Waals surface area contributed by atoms with Crippen molar-refractivity contribution in [3.05, 3.63) is 30.1 Å². The van der Waals surface area contributed by atoms with Crippen LogP contribution < -0.4 is 5.32 Å². The Bertz CT molecular complexity index is 648. The number of hydrogen-bond acceptors (Lipinski definition) is 4. The molecule has 1 aromatic rings. The minimum Gasteiger partial charge on any atom is -0.383 e. The van der Waals surface area contributed by atoms with Crippen LogP contribution in [0.5, 0.6) is 0 Å². The monoisotopic (exact) mass is 344 g/mol. The van der Waals surface area contributed by atoms with Crippen LogP contribution >= 0.6 is 0 Å². The van der Waals surface area contributed by atoms with E-state index in [9.17, 15) is 17.6 Å². The Kier molecular flexibility index (Phi) is 5.72. The van der Waals surface area contributed by atoms with Gasteiger partial charge in [-0.15, -0.1) is 0 Å². The zero-order valence-electron chi connectivity index (χ0n) is 13.2. The van der Waals surface area contributed by atoms with Crippen LogP contribution in [0.25, 0.3) is 0 Å². The predicted molar refractivity (Wildman–Crippen MR) is 82.8 cm³/mol. The molecule has 0 unspecified atom stereocenters. The van der Waals surface area contributed by atoms with Gasteiger partial charge in [-0.05, 0) is 44.0 Å². The summed E-state index contributed by atoms with van der Waals surface area (Å²) in [5.74, 6) is -0.842. The topological polar surface area (TPSA) is 75.7 Å². The van der Waals surface area contributed by atoms with Crippen LogP contribution in [-0.2, 0) is 19.6 Å². The second-order valence-corrected chi connectivity index (χ2v) is 7.48. The number of benzene rings is 1. The minimum absolute atomic E-state index is 0.0106. The highest BCUT2D eigenvalue weighted by Crippen LogP contribution is 2.26. The molecule has 0 spiro atoms. The van der Waals surface area contributed by atoms with Gasteiger partial charge in [0.05, 0.1) is 11.5 Å². The van der Waals surface area contributed by atoms with Crippen molar-refractivity contribution < 1.29 is 22.3 Å². The smallest absolute Gasteiger partial charge is 0.243 e. The molecule has 8 heteroatoms. The van der Waals surface area contributed by atoms with E-state index in [4.69, 9.17) is 4.74 Å². The standard InChI is InChI=1S/C15H21FN2O4S/c1-11(10-22-2)17-15(19)14-4-3-9-18(14)23(20,21)13-7-5-12(16)6-8-13/h5-8,11,14H,3-4,9-10H2,1-2H3,(H,17,19)/t11-,14+/m0/s1. The van der Waals surface area contributed by atoms with Crippen LogP contribution in [0.2, 0.25) is 0 Å². The summed E-state index contributed by atoms with van der Waals surface area (Å²) in [6, 6.07) is 3.67. The molecule has 1 amide bonds. The van der Waals surface area contributed by atoms with Gasteiger partial charge < -0.3 is 10.1 Å². The molecule has 1 N–H and O–H groups in total. The van der Waals surface area contributed by atoms with Crippen molar-refractivity contribution in [1.29, 1.82) is 0 Å². The van der Waals surface area contributed by atoms with Crippen molar-refractivity contribution in [3.63, 3.8) is 0 Å². The van der Waals surface area contributed by atoms with Gasteiger partial charge in [0.2, 0.25) is 15.9 Å². The molecule has 1 aliphatic rings. The maximum atomic E-state index is 13.0. The van der Waals surface area contributed by atoms with Crippen LogP contribution in [-0.4, -0.2) is 51.0 Å². The Labute approximate surface area is 135 Å². The van der Waals surface area contributed by atoms with E-state index in [0.717, 1.165) is 12.1 Å². The largest absolute Gasteiger partial charge is 0.383 e. The Morgan fingerprint density at radius 3 is 2.70 bits per heavy atom. The van der Waals surface area contributed by atoms with Crippen LogP contribution in [0, 0.1) is 5.82 Å². The van der Waals surface area contributed by atoms with E-state index < -0.39 is 21.9 Å². The number of nitrogens with one attached hydrogen (secondary N) is 1. The zero-order valence-corrected chi connectivity index (χ0v) is 14.0. The van der Waals surface area contributed by atoms with Gasteiger partial charge in [-0.3, -0.25) is 4.79 Å². The summed E-state index contributed by atoms with van der Waals surface area (Å²) in [6.07, 6.45) is 1.07. The molecule has 0 saturated carbocycles. The van der Waals surface area contributed by atoms with Crippen LogP contribution in [0.4, 0.5) is 4.39 Å². The Morgan fingerprint density at radius 1 is 1.43 bits per heavy atom. The van der Waals surface area contributed by atoms with E-state index in [-0.39, 0.29) is 23.4 Å². The van der Waals surface area contributed by atoms with Gasteiger partial charge in [0, 0.05) is 19.7 Å². The van der Waals surface area contributed by atoms with E-state index >= 15 is 0 Å². The van der Waals surface area contributed by atoms with Crippen LogP contribution in [0.3, 0.4) is 0 Å². The van der Waals surface area contributed by atoms with Gasteiger partial charge in [-0.1, -0.05) is 0 Å². The van der Waals surface area contributed by atoms with Crippen molar-refractivity contribution in [2.75, 3.05) is 20.3 Å². The highest BCUT2D eigenvalue weighted by molar-refractivity contribution is 7.89. The molecule has 6 nitrogen and oxygen atoms in total. The fourth-order valence-corrected chi connectivity index (χ4v) is 4.32. The molecule has 1 saturated heterocycles. The van der Waals surface area contributed by atoms with E-state index in [1.165, 1.54) is 23.5 Å². The number of hydrogen-bond donors (Lipinski definition) is 1. The van der Waals surface area contributed by atoms with Crippen molar-refractivity contribution in [2.45, 2.75) is 36.7 Å². The summed E-state index contributed by atoms with van der Waals surface area (Å²) in [7, 11) is -2.29. The average molecular weight is 344 g/mol. The van der Waals surface area contributed by atoms with Gasteiger partial charge in [-0.2, -0.15) is 4.31 Å². The third kappa shape index (κ3) is 4.07. The number of nitrogens with zero attached hydrogens (tertiary/aromatic N) is 1. The summed E-state index contributed by atoms with van der Waals surface area (Å²) in [4.78, 5) is 12.3. The van der Waals surface area contributed by atoms with Gasteiger partial charge in [0.15, 0.2) is 0 Å². The van der Waals surface area contributed by atoms with Crippen molar-refractivity contribution in [2.24, 2.45) is 0 Å². The van der Waals surface area contributed by atoms with E-state index in [1.807, 2.05) is 0 Å². The highest BCUT2D eigenvalue weighted by Gasteiger charge is 2.39. The second-order valence-electron chi connectivity index (χ2n) is 5.59. The van der Waals surface area contributed by atoms with Crippen LogP contribution in [0.1, 0.15) is 19.8 Å². The lowest BCUT2D eigenvalue weighted by Gasteiger charge is -2.24. The Balaban J connectivity index is 2.17. The first-order valence-corrected chi connectivity index (χ1v) is 8.87. The van der Waals surface area contributed by atoms with Crippen molar-refractivity contribution >= 4 is 15.9 Å². The molecular weight excluding hydrogens is 323 g/mol. The molecule has 2 atom stereocenters. The molecule has 1 aliphatic heterocycles. The van der Waals surface area contributed by atoms with E-state index in [1.54, 1.807) is 6.92 Å². The summed E-state index contributed by atoms with van der Waals surface area (Å²) >= 11 is 0. The molecule has 128 valence electrons. The average Bonchev–Trinajstić information content (AvgIpc) is 2.98. The van der Waals surface area contributed by atoms with Gasteiger partial charge in [0.1, 0.15) is 11.9 Å². The first-order valence-electron chi connectivity index (χ1n) is 7.43. The molecule has 1 aromatic carbocycles. The first-order chi connectivity index (χ1) is 10.9. The zero-order chi connectivity index (χ0) is 17.0. The molecule has 0 aliphatic carbocycles. The predicted octanol–water partition coefficient (Wildman–Crippen LogP) is 1.13. The summed E-state index contributed by atoms with van der Waals surface area (Å²) in [5, 5.41) is 2.76. The van der Waals surface area contributed by atoms with Gasteiger partial charge >= 0.3 is 0 Å². The highest BCUT2D eigenvalue weighted by atomic mass is 32.2. The molecule has 1 fully saturated rings. The Morgan fingerprint density at radius 2 is 2.09 bits per heavy atom. The molecule has 2 rings (SSSR count). The van der Waals surface area contributed by atoms with Gasteiger partial charge in [0.25, 0.3) is 0 Å². The minimum atomic E-state index is -3.82. The normalized spacial score (nSPS) is 20.4. The Hall–Kier alpha value is -1.51. The lowest BCUT2D eigenvalue weighted by molar-refractivity contribution is -0.125. The van der Waals surface area contributed by atoms with E-state index in [0.29, 0.717) is 19.4 Å². The number of methoxy groups -OCH3 is 1. The second kappa shape index (κ2) is 7.37. The molecule has 0 bridgehead atoms. The fourth-order valence-electron chi connectivity index (χ4n) is 2.66. The quantitative estimate of drug-likeness (QED) is 0.839. The molecule has 1 heterocycles. The van der Waals surface area contributed by atoms with E-state index in [2.05, 4.69) is 5.32 Å². The SMILES string of the molecule is COC[C@H](C)NC(=O)[C@H]1CCCN1S(=O)(=O)c1ccc(F)cc1. The maximum absolute atomic E-state index is 13.0. The third-order valence-electron chi connectivity index (χ3n) is 3.73. The molecule has 0 radical (unpaired) electrons. The number of halogens is 1. The van der Waals surface area contributed by atoms with Crippen molar-refractivity contribution in [3.8, 4) is 0 Å². The van der Waals surface area contributed by atoms with Crippen molar-refractivity contribution in [1.82, 2.24) is 9.62 Å². The molecular formula is C15H21FN2O4S. The summed E-state index contributed by atoms with van der Waals surface area (Å²) < 4.78 is 44.5. The maximum Gasteiger partial charge on any atom is 0.243 e. The molecule has 0 aromatic heterocycles. The summed E-state index contributed by atoms with van der Waals surface area (Å²) in [5.41, 5.74) is 0. The summed E-state index contributed by atoms with van der Waals surface area (Å²) in [6.45, 7) is 2.41. The van der Waals surface area contributed by atoms with Crippen LogP contribution in [0.15, 0.2) is 29.2 Å². The fraction of sp³-hybridized carbons (Fsp3) is 0.533. The number of carbonyl (C=O) groups is 1. The number of carbonyl (C=O) groups excluding carboxylic acids is 1. The molecule has 23 heavy (non-hydrogen) atoms. The third-order valence-corrected chi connectivity index (χ3v) is 5.65. The lowest BCUT2D eigenvalue weighted by atomic mass is 10.2. The first kappa shape index (κ1) is 17.8. The number of ether oxygens (including phenoxy) is 1. The number of sulfonamides is 1. The number of rotatable bonds is 6. The number of amides is 1. The van der Waals surface area contributed by atoms with Gasteiger partial charge in [-0.25, -0.2) is 12.8 Å².